The monoisotopic (exact) mass is 281 g/mol. The van der Waals surface area contributed by atoms with E-state index in [1.54, 1.807) is 0 Å². The number of nitrogens with zero attached hydrogens (tertiary/aromatic N) is 2. The lowest BCUT2D eigenvalue weighted by Gasteiger charge is -2.20. The first-order valence-electron chi connectivity index (χ1n) is 6.16. The van der Waals surface area contributed by atoms with E-state index >= 15 is 0 Å². The van der Waals surface area contributed by atoms with Crippen LogP contribution in [0.25, 0.3) is 0 Å². The smallest absolute Gasteiger partial charge is 0.161 e. The van der Waals surface area contributed by atoms with E-state index in [1.165, 1.54) is 18.5 Å². The largest absolute Gasteiger partial charge is 0.335 e. The van der Waals surface area contributed by atoms with Gasteiger partial charge in [-0.05, 0) is 43.8 Å². The summed E-state index contributed by atoms with van der Waals surface area (Å²) in [6, 6.07) is 5.94. The molecule has 1 unspecified atom stereocenters. The van der Waals surface area contributed by atoms with Gasteiger partial charge in [-0.15, -0.1) is 0 Å². The first kappa shape index (κ1) is 12.3. The molecule has 0 bridgehead atoms. The fourth-order valence-electron chi connectivity index (χ4n) is 2.34. The second-order valence-electron chi connectivity index (χ2n) is 4.84. The van der Waals surface area contributed by atoms with Gasteiger partial charge in [0.1, 0.15) is 0 Å². The highest BCUT2D eigenvalue weighted by Crippen LogP contribution is 2.29. The molecule has 1 saturated heterocycles. The number of halogens is 1. The van der Waals surface area contributed by atoms with E-state index in [9.17, 15) is 0 Å². The van der Waals surface area contributed by atoms with Crippen molar-refractivity contribution in [2.45, 2.75) is 18.2 Å². The molecule has 0 radical (unpaired) electrons. The molecule has 1 aromatic rings. The lowest BCUT2D eigenvalue weighted by Crippen LogP contribution is -2.20. The summed E-state index contributed by atoms with van der Waals surface area (Å²) in [7, 11) is 2.17. The molecule has 1 aromatic carbocycles. The molecule has 0 amide bonds. The van der Waals surface area contributed by atoms with Crippen LogP contribution in [-0.4, -0.2) is 35.5 Å². The van der Waals surface area contributed by atoms with Crippen LogP contribution in [0.5, 0.6) is 0 Å². The zero-order chi connectivity index (χ0) is 12.5. The van der Waals surface area contributed by atoms with Crippen LogP contribution >= 0.6 is 23.4 Å². The quantitative estimate of drug-likeness (QED) is 0.857. The Labute approximate surface area is 117 Å². The van der Waals surface area contributed by atoms with Crippen LogP contribution in [0.15, 0.2) is 23.2 Å². The third kappa shape index (κ3) is 2.66. The van der Waals surface area contributed by atoms with Crippen molar-refractivity contribution >= 4 is 34.2 Å². The standard InChI is InChI=1S/C13H16ClN3S/c1-17-5-4-11(8-17)18-13-15-7-9-6-10(14)2-3-12(9)16-13/h2-3,6,11H,4-5,7-8H2,1H3,(H,15,16). The zero-order valence-electron chi connectivity index (χ0n) is 10.3. The molecule has 1 atom stereocenters. The topological polar surface area (TPSA) is 27.6 Å². The highest BCUT2D eigenvalue weighted by molar-refractivity contribution is 8.14. The van der Waals surface area contributed by atoms with E-state index in [0.717, 1.165) is 29.0 Å². The van der Waals surface area contributed by atoms with E-state index in [2.05, 4.69) is 22.3 Å². The summed E-state index contributed by atoms with van der Waals surface area (Å²) >= 11 is 7.84. The van der Waals surface area contributed by atoms with Gasteiger partial charge in [0, 0.05) is 22.5 Å². The Morgan fingerprint density at radius 3 is 3.17 bits per heavy atom. The molecule has 18 heavy (non-hydrogen) atoms. The number of hydrogen-bond acceptors (Lipinski definition) is 4. The lowest BCUT2D eigenvalue weighted by molar-refractivity contribution is 0.419. The van der Waals surface area contributed by atoms with Crippen LogP contribution in [0, 0.1) is 0 Å². The van der Waals surface area contributed by atoms with Crippen LogP contribution in [0.1, 0.15) is 12.0 Å². The third-order valence-corrected chi connectivity index (χ3v) is 4.74. The molecular formula is C13H16ClN3S. The van der Waals surface area contributed by atoms with Gasteiger partial charge in [0.05, 0.1) is 6.54 Å². The van der Waals surface area contributed by atoms with Crippen molar-refractivity contribution in [1.29, 1.82) is 0 Å². The fourth-order valence-corrected chi connectivity index (χ4v) is 3.71. The highest BCUT2D eigenvalue weighted by Gasteiger charge is 2.23. The Morgan fingerprint density at radius 2 is 2.39 bits per heavy atom. The third-order valence-electron chi connectivity index (χ3n) is 3.33. The van der Waals surface area contributed by atoms with Crippen LogP contribution in [0.2, 0.25) is 5.02 Å². The molecule has 2 aliphatic heterocycles. The van der Waals surface area contributed by atoms with Crippen LogP contribution in [-0.2, 0) is 6.54 Å². The number of amidine groups is 1. The van der Waals surface area contributed by atoms with E-state index in [4.69, 9.17) is 11.6 Å². The van der Waals surface area contributed by atoms with Gasteiger partial charge in [-0.25, -0.2) is 0 Å². The maximum Gasteiger partial charge on any atom is 0.161 e. The number of hydrogen-bond donors (Lipinski definition) is 1. The number of benzene rings is 1. The zero-order valence-corrected chi connectivity index (χ0v) is 11.9. The number of fused-ring (bicyclic) bond motifs is 1. The molecule has 1 N–H and O–H groups in total. The molecule has 0 saturated carbocycles. The predicted octanol–water partition coefficient (Wildman–Crippen LogP) is 3.06. The van der Waals surface area contributed by atoms with Gasteiger partial charge in [-0.3, -0.25) is 4.99 Å². The summed E-state index contributed by atoms with van der Waals surface area (Å²) < 4.78 is 0. The molecule has 3 rings (SSSR count). The van der Waals surface area contributed by atoms with Crippen molar-refractivity contribution in [2.24, 2.45) is 4.99 Å². The summed E-state index contributed by atoms with van der Waals surface area (Å²) in [6.45, 7) is 3.07. The lowest BCUT2D eigenvalue weighted by atomic mass is 10.1. The Morgan fingerprint density at radius 1 is 1.50 bits per heavy atom. The first-order chi connectivity index (χ1) is 8.70. The second kappa shape index (κ2) is 5.11. The van der Waals surface area contributed by atoms with Crippen molar-refractivity contribution < 1.29 is 0 Å². The Hall–Kier alpha value is -0.710. The van der Waals surface area contributed by atoms with Crippen molar-refractivity contribution in [3.05, 3.63) is 28.8 Å². The molecule has 96 valence electrons. The van der Waals surface area contributed by atoms with Gasteiger partial charge in [0.25, 0.3) is 0 Å². The molecule has 1 fully saturated rings. The summed E-state index contributed by atoms with van der Waals surface area (Å²) in [4.78, 5) is 6.96. The first-order valence-corrected chi connectivity index (χ1v) is 7.41. The SMILES string of the molecule is CN1CCC(SC2=NCc3cc(Cl)ccc3N2)C1. The van der Waals surface area contributed by atoms with E-state index in [1.807, 2.05) is 30.0 Å². The van der Waals surface area contributed by atoms with Gasteiger partial charge in [-0.1, -0.05) is 23.4 Å². The normalized spacial score (nSPS) is 23.4. The Balaban J connectivity index is 1.67. The molecule has 0 aliphatic carbocycles. The minimum Gasteiger partial charge on any atom is -0.335 e. The number of anilines is 1. The Kier molecular flexibility index (Phi) is 3.50. The van der Waals surface area contributed by atoms with Crippen molar-refractivity contribution in [2.75, 3.05) is 25.5 Å². The summed E-state index contributed by atoms with van der Waals surface area (Å²) in [5.74, 6) is 0. The van der Waals surface area contributed by atoms with Gasteiger partial charge in [-0.2, -0.15) is 0 Å². The van der Waals surface area contributed by atoms with Crippen LogP contribution in [0.3, 0.4) is 0 Å². The molecule has 2 heterocycles. The summed E-state index contributed by atoms with van der Waals surface area (Å²) in [6.07, 6.45) is 1.25. The maximum absolute atomic E-state index is 5.98. The van der Waals surface area contributed by atoms with E-state index in [0.29, 0.717) is 5.25 Å². The van der Waals surface area contributed by atoms with Crippen molar-refractivity contribution in [3.8, 4) is 0 Å². The summed E-state index contributed by atoms with van der Waals surface area (Å²) in [5.41, 5.74) is 2.32. The highest BCUT2D eigenvalue weighted by atomic mass is 35.5. The van der Waals surface area contributed by atoms with Gasteiger partial charge in [0.15, 0.2) is 5.17 Å². The van der Waals surface area contributed by atoms with Gasteiger partial charge in [0.2, 0.25) is 0 Å². The minimum atomic E-state index is 0.662. The molecule has 2 aliphatic rings. The van der Waals surface area contributed by atoms with E-state index in [-0.39, 0.29) is 0 Å². The molecule has 3 nitrogen and oxygen atoms in total. The second-order valence-corrected chi connectivity index (χ2v) is 6.56. The minimum absolute atomic E-state index is 0.662. The molecule has 5 heteroatoms. The Bertz CT molecular complexity index is 489. The summed E-state index contributed by atoms with van der Waals surface area (Å²) in [5, 5.41) is 5.89. The number of thioether (sulfide) groups is 1. The number of rotatable bonds is 1. The number of likely N-dealkylation sites (tertiary alicyclic amines) is 1. The average molecular weight is 282 g/mol. The molecular weight excluding hydrogens is 266 g/mol. The predicted molar refractivity (Wildman–Crippen MR) is 79.7 cm³/mol. The van der Waals surface area contributed by atoms with E-state index < -0.39 is 0 Å². The van der Waals surface area contributed by atoms with Crippen LogP contribution < -0.4 is 5.32 Å². The van der Waals surface area contributed by atoms with Crippen LogP contribution in [0.4, 0.5) is 5.69 Å². The molecule has 0 aromatic heterocycles. The maximum atomic E-state index is 5.98. The number of nitrogens with one attached hydrogen (secondary N) is 1. The number of aliphatic imine (C=N–C) groups is 1. The van der Waals surface area contributed by atoms with Gasteiger partial charge >= 0.3 is 0 Å². The van der Waals surface area contributed by atoms with Crippen molar-refractivity contribution in [1.82, 2.24) is 4.90 Å². The molecule has 0 spiro atoms. The average Bonchev–Trinajstić information content (AvgIpc) is 2.75. The van der Waals surface area contributed by atoms with Crippen molar-refractivity contribution in [3.63, 3.8) is 0 Å². The fraction of sp³-hybridized carbons (Fsp3) is 0.462. The van der Waals surface area contributed by atoms with Gasteiger partial charge < -0.3 is 10.2 Å².